The number of amides is 1. The molecule has 176 valence electrons. The van der Waals surface area contributed by atoms with Crippen molar-refractivity contribution in [3.05, 3.63) is 59.7 Å². The van der Waals surface area contributed by atoms with Gasteiger partial charge in [-0.1, -0.05) is 32.0 Å². The molecule has 32 heavy (non-hydrogen) atoms. The van der Waals surface area contributed by atoms with Gasteiger partial charge in [0.25, 0.3) is 5.91 Å². The summed E-state index contributed by atoms with van der Waals surface area (Å²) in [5.41, 5.74) is 2.00. The Morgan fingerprint density at radius 1 is 1.03 bits per heavy atom. The first-order valence-electron chi connectivity index (χ1n) is 11.1. The zero-order valence-corrected chi connectivity index (χ0v) is 20.1. The van der Waals surface area contributed by atoms with E-state index in [0.717, 1.165) is 44.5 Å². The second-order valence-electron chi connectivity index (χ2n) is 7.84. The fourth-order valence-corrected chi connectivity index (χ4v) is 3.95. The predicted octanol–water partition coefficient (Wildman–Crippen LogP) is 3.88. The lowest BCUT2D eigenvalue weighted by molar-refractivity contribution is 0.0951. The molecule has 0 bridgehead atoms. The minimum atomic E-state index is -3.39. The van der Waals surface area contributed by atoms with E-state index in [9.17, 15) is 13.2 Å². The SMILES string of the molecule is CCCN(CCC)Cc1cccc(OCCCNC(=O)c2cccc(NS(C)(=O)=O)c2)c1. The van der Waals surface area contributed by atoms with Gasteiger partial charge >= 0.3 is 0 Å². The van der Waals surface area contributed by atoms with Gasteiger partial charge < -0.3 is 10.1 Å². The molecular weight excluding hydrogens is 426 g/mol. The Kier molecular flexibility index (Phi) is 10.5. The van der Waals surface area contributed by atoms with Gasteiger partial charge in [0.2, 0.25) is 10.0 Å². The fourth-order valence-electron chi connectivity index (χ4n) is 3.40. The summed E-state index contributed by atoms with van der Waals surface area (Å²) in [5, 5.41) is 2.84. The Balaban J connectivity index is 1.77. The van der Waals surface area contributed by atoms with E-state index >= 15 is 0 Å². The molecule has 0 saturated carbocycles. The van der Waals surface area contributed by atoms with Crippen molar-refractivity contribution >= 4 is 21.6 Å². The van der Waals surface area contributed by atoms with E-state index in [-0.39, 0.29) is 5.91 Å². The van der Waals surface area contributed by atoms with Gasteiger partial charge in [0.1, 0.15) is 5.75 Å². The molecule has 7 nitrogen and oxygen atoms in total. The molecule has 0 spiro atoms. The molecule has 2 N–H and O–H groups in total. The Morgan fingerprint density at radius 2 is 1.75 bits per heavy atom. The zero-order valence-electron chi connectivity index (χ0n) is 19.3. The summed E-state index contributed by atoms with van der Waals surface area (Å²) < 4.78 is 30.9. The van der Waals surface area contributed by atoms with Crippen LogP contribution in [0.5, 0.6) is 5.75 Å². The molecule has 0 saturated heterocycles. The van der Waals surface area contributed by atoms with Crippen LogP contribution >= 0.6 is 0 Å². The summed E-state index contributed by atoms with van der Waals surface area (Å²) in [5.74, 6) is 0.581. The van der Waals surface area contributed by atoms with Crippen molar-refractivity contribution in [1.82, 2.24) is 10.2 Å². The number of hydrogen-bond acceptors (Lipinski definition) is 5. The molecule has 0 aliphatic heterocycles. The molecule has 0 atom stereocenters. The maximum Gasteiger partial charge on any atom is 0.251 e. The topological polar surface area (TPSA) is 87.7 Å². The van der Waals surface area contributed by atoms with Crippen molar-refractivity contribution in [3.8, 4) is 5.75 Å². The molecule has 8 heteroatoms. The summed E-state index contributed by atoms with van der Waals surface area (Å²) in [7, 11) is -3.39. The van der Waals surface area contributed by atoms with E-state index in [1.807, 2.05) is 12.1 Å². The molecule has 0 unspecified atom stereocenters. The Hall–Kier alpha value is -2.58. The molecule has 2 aromatic rings. The monoisotopic (exact) mass is 461 g/mol. The van der Waals surface area contributed by atoms with E-state index < -0.39 is 10.0 Å². The lowest BCUT2D eigenvalue weighted by Gasteiger charge is -2.21. The number of carbonyl (C=O) groups excluding carboxylic acids is 1. The summed E-state index contributed by atoms with van der Waals surface area (Å²) >= 11 is 0. The first-order valence-corrected chi connectivity index (χ1v) is 13.0. The van der Waals surface area contributed by atoms with Gasteiger partial charge in [-0.05, 0) is 68.2 Å². The van der Waals surface area contributed by atoms with Crippen molar-refractivity contribution < 1.29 is 17.9 Å². The van der Waals surface area contributed by atoms with Crippen LogP contribution in [0.4, 0.5) is 5.69 Å². The summed E-state index contributed by atoms with van der Waals surface area (Å²) in [6.07, 6.45) is 4.01. The molecule has 0 aromatic heterocycles. The lowest BCUT2D eigenvalue weighted by atomic mass is 10.2. The first kappa shape index (κ1) is 25.7. The summed E-state index contributed by atoms with van der Waals surface area (Å²) in [4.78, 5) is 14.8. The number of hydrogen-bond donors (Lipinski definition) is 2. The van der Waals surface area contributed by atoms with E-state index in [1.54, 1.807) is 18.2 Å². The van der Waals surface area contributed by atoms with Crippen molar-refractivity contribution in [2.45, 2.75) is 39.7 Å². The van der Waals surface area contributed by atoms with Crippen LogP contribution < -0.4 is 14.8 Å². The minimum Gasteiger partial charge on any atom is -0.494 e. The quantitative estimate of drug-likeness (QED) is 0.417. The Bertz CT molecular complexity index is 957. The number of sulfonamides is 1. The molecule has 0 aliphatic rings. The third kappa shape index (κ3) is 9.70. The number of nitrogens with one attached hydrogen (secondary N) is 2. The van der Waals surface area contributed by atoms with Crippen LogP contribution in [0.1, 0.15) is 49.0 Å². The number of benzene rings is 2. The standard InChI is InChI=1S/C24H35N3O4S/c1-4-14-27(15-5-2)19-20-9-6-12-23(17-20)31-16-8-13-25-24(28)21-10-7-11-22(18-21)26-32(3,29)30/h6-7,9-12,17-18,26H,4-5,8,13-16,19H2,1-3H3,(H,25,28). The molecule has 2 aromatic carbocycles. The minimum absolute atomic E-state index is 0.254. The Morgan fingerprint density at radius 3 is 2.44 bits per heavy atom. The summed E-state index contributed by atoms with van der Waals surface area (Å²) in [6.45, 7) is 8.45. The normalized spacial score (nSPS) is 11.4. The second-order valence-corrected chi connectivity index (χ2v) is 9.58. The van der Waals surface area contributed by atoms with Gasteiger partial charge in [-0.15, -0.1) is 0 Å². The first-order chi connectivity index (χ1) is 15.3. The van der Waals surface area contributed by atoms with E-state index in [0.29, 0.717) is 30.8 Å². The molecule has 1 amide bonds. The largest absolute Gasteiger partial charge is 0.494 e. The van der Waals surface area contributed by atoms with Crippen LogP contribution in [-0.2, 0) is 16.6 Å². The van der Waals surface area contributed by atoms with E-state index in [2.05, 4.69) is 40.9 Å². The fraction of sp³-hybridized carbons (Fsp3) is 0.458. The molecule has 0 heterocycles. The third-order valence-corrected chi connectivity index (χ3v) is 5.29. The van der Waals surface area contributed by atoms with Crippen molar-refractivity contribution in [1.29, 1.82) is 0 Å². The molecule has 2 rings (SSSR count). The van der Waals surface area contributed by atoms with Gasteiger partial charge in [0.05, 0.1) is 12.9 Å². The van der Waals surface area contributed by atoms with Crippen LogP contribution in [0.3, 0.4) is 0 Å². The smallest absolute Gasteiger partial charge is 0.251 e. The highest BCUT2D eigenvalue weighted by molar-refractivity contribution is 7.92. The maximum absolute atomic E-state index is 12.3. The van der Waals surface area contributed by atoms with Crippen LogP contribution in [0.2, 0.25) is 0 Å². The summed E-state index contributed by atoms with van der Waals surface area (Å²) in [6, 6.07) is 14.6. The Labute approximate surface area is 192 Å². The van der Waals surface area contributed by atoms with E-state index in [1.165, 1.54) is 11.6 Å². The maximum atomic E-state index is 12.3. The van der Waals surface area contributed by atoms with Crippen molar-refractivity contribution in [2.75, 3.05) is 37.2 Å². The van der Waals surface area contributed by atoms with Crippen LogP contribution in [0, 0.1) is 0 Å². The highest BCUT2D eigenvalue weighted by Gasteiger charge is 2.08. The number of rotatable bonds is 14. The molecule has 0 aliphatic carbocycles. The molecule has 0 fully saturated rings. The van der Waals surface area contributed by atoms with Gasteiger partial charge in [-0.25, -0.2) is 8.42 Å². The van der Waals surface area contributed by atoms with Gasteiger partial charge in [-0.3, -0.25) is 14.4 Å². The average molecular weight is 462 g/mol. The molecule has 0 radical (unpaired) electrons. The highest BCUT2D eigenvalue weighted by Crippen LogP contribution is 2.16. The number of carbonyl (C=O) groups is 1. The molecular formula is C24H35N3O4S. The number of ether oxygens (including phenoxy) is 1. The lowest BCUT2D eigenvalue weighted by Crippen LogP contribution is -2.25. The van der Waals surface area contributed by atoms with Gasteiger partial charge in [0, 0.05) is 24.3 Å². The van der Waals surface area contributed by atoms with Crippen LogP contribution in [-0.4, -0.2) is 51.7 Å². The van der Waals surface area contributed by atoms with Crippen molar-refractivity contribution in [3.63, 3.8) is 0 Å². The zero-order chi connectivity index (χ0) is 23.4. The number of anilines is 1. The van der Waals surface area contributed by atoms with E-state index in [4.69, 9.17) is 4.74 Å². The average Bonchev–Trinajstić information content (AvgIpc) is 2.73. The van der Waals surface area contributed by atoms with Gasteiger partial charge in [-0.2, -0.15) is 0 Å². The van der Waals surface area contributed by atoms with Crippen LogP contribution in [0.25, 0.3) is 0 Å². The predicted molar refractivity (Wildman–Crippen MR) is 130 cm³/mol. The van der Waals surface area contributed by atoms with Gasteiger partial charge in [0.15, 0.2) is 0 Å². The second kappa shape index (κ2) is 13.1. The van der Waals surface area contributed by atoms with Crippen LogP contribution in [0.15, 0.2) is 48.5 Å². The highest BCUT2D eigenvalue weighted by atomic mass is 32.2. The number of nitrogens with zero attached hydrogens (tertiary/aromatic N) is 1. The van der Waals surface area contributed by atoms with Crippen molar-refractivity contribution in [2.24, 2.45) is 0 Å². The third-order valence-electron chi connectivity index (χ3n) is 4.69.